The van der Waals surface area contributed by atoms with Crippen molar-refractivity contribution in [2.75, 3.05) is 10.2 Å². The SMILES string of the molecule is CC(C)(C)C(=O)Nc1ccc(N2Cc3ccccc3C2=O)cc1Cl. The van der Waals surface area contributed by atoms with Crippen LogP contribution < -0.4 is 10.2 Å². The van der Waals surface area contributed by atoms with Crippen molar-refractivity contribution in [1.29, 1.82) is 0 Å². The van der Waals surface area contributed by atoms with E-state index in [0.717, 1.165) is 16.8 Å². The van der Waals surface area contributed by atoms with Gasteiger partial charge in [-0.3, -0.25) is 9.59 Å². The van der Waals surface area contributed by atoms with Gasteiger partial charge in [0, 0.05) is 16.7 Å². The number of nitrogens with one attached hydrogen (secondary N) is 1. The second-order valence-electron chi connectivity index (χ2n) is 6.92. The van der Waals surface area contributed by atoms with Crippen molar-refractivity contribution in [3.05, 3.63) is 58.6 Å². The molecule has 0 aromatic heterocycles. The van der Waals surface area contributed by atoms with Crippen LogP contribution in [-0.4, -0.2) is 11.8 Å². The van der Waals surface area contributed by atoms with Gasteiger partial charge in [-0.2, -0.15) is 0 Å². The molecule has 0 unspecified atom stereocenters. The maximum Gasteiger partial charge on any atom is 0.258 e. The highest BCUT2D eigenvalue weighted by Gasteiger charge is 2.28. The predicted octanol–water partition coefficient (Wildman–Crippen LogP) is 4.49. The van der Waals surface area contributed by atoms with E-state index in [1.165, 1.54) is 0 Å². The van der Waals surface area contributed by atoms with Crippen LogP contribution in [0.5, 0.6) is 0 Å². The van der Waals surface area contributed by atoms with E-state index in [-0.39, 0.29) is 11.8 Å². The van der Waals surface area contributed by atoms with Crippen LogP contribution in [0, 0.1) is 5.41 Å². The quantitative estimate of drug-likeness (QED) is 0.874. The van der Waals surface area contributed by atoms with Crippen molar-refractivity contribution in [1.82, 2.24) is 0 Å². The minimum atomic E-state index is -0.505. The summed E-state index contributed by atoms with van der Waals surface area (Å²) in [5.74, 6) is -0.144. The van der Waals surface area contributed by atoms with Crippen LogP contribution >= 0.6 is 11.6 Å². The van der Waals surface area contributed by atoms with Gasteiger partial charge in [0.15, 0.2) is 0 Å². The van der Waals surface area contributed by atoms with E-state index in [4.69, 9.17) is 11.6 Å². The number of amides is 2. The molecule has 0 spiro atoms. The summed E-state index contributed by atoms with van der Waals surface area (Å²) in [5, 5.41) is 3.23. The van der Waals surface area contributed by atoms with Gasteiger partial charge in [0.1, 0.15) is 0 Å². The fourth-order valence-corrected chi connectivity index (χ4v) is 2.77. The Kier molecular flexibility index (Phi) is 4.10. The van der Waals surface area contributed by atoms with Gasteiger partial charge in [0.05, 0.1) is 17.3 Å². The van der Waals surface area contributed by atoms with Crippen LogP contribution in [-0.2, 0) is 11.3 Å². The summed E-state index contributed by atoms with van der Waals surface area (Å²) in [6, 6.07) is 12.8. The molecule has 4 nitrogen and oxygen atoms in total. The zero-order valence-corrected chi connectivity index (χ0v) is 14.6. The van der Waals surface area contributed by atoms with Gasteiger partial charge in [-0.25, -0.2) is 0 Å². The number of carbonyl (C=O) groups is 2. The number of fused-ring (bicyclic) bond motifs is 1. The topological polar surface area (TPSA) is 49.4 Å². The van der Waals surface area contributed by atoms with Crippen LogP contribution in [0.3, 0.4) is 0 Å². The highest BCUT2D eigenvalue weighted by atomic mass is 35.5. The van der Waals surface area contributed by atoms with Gasteiger partial charge in [-0.05, 0) is 29.8 Å². The van der Waals surface area contributed by atoms with Gasteiger partial charge in [-0.1, -0.05) is 50.6 Å². The molecule has 1 heterocycles. The van der Waals surface area contributed by atoms with Gasteiger partial charge in [-0.15, -0.1) is 0 Å². The summed E-state index contributed by atoms with van der Waals surface area (Å²) >= 11 is 6.31. The molecule has 1 aliphatic heterocycles. The number of benzene rings is 2. The maximum absolute atomic E-state index is 12.5. The van der Waals surface area contributed by atoms with E-state index in [1.54, 1.807) is 23.1 Å². The molecule has 1 N–H and O–H groups in total. The fraction of sp³-hybridized carbons (Fsp3) is 0.263. The summed E-state index contributed by atoms with van der Waals surface area (Å²) < 4.78 is 0. The third-order valence-electron chi connectivity index (χ3n) is 4.02. The Hall–Kier alpha value is -2.33. The molecule has 0 aliphatic carbocycles. The molecule has 0 atom stereocenters. The van der Waals surface area contributed by atoms with Crippen LogP contribution in [0.2, 0.25) is 5.02 Å². The molecule has 124 valence electrons. The molecule has 0 fully saturated rings. The van der Waals surface area contributed by atoms with Crippen LogP contribution in [0.25, 0.3) is 0 Å². The Morgan fingerprint density at radius 1 is 1.17 bits per heavy atom. The maximum atomic E-state index is 12.5. The Labute approximate surface area is 146 Å². The van der Waals surface area contributed by atoms with Crippen molar-refractivity contribution < 1.29 is 9.59 Å². The summed E-state index contributed by atoms with van der Waals surface area (Å²) in [5.41, 5.74) is 2.48. The average Bonchev–Trinajstić information content (AvgIpc) is 2.86. The number of hydrogen-bond donors (Lipinski definition) is 1. The Balaban J connectivity index is 1.84. The predicted molar refractivity (Wildman–Crippen MR) is 96.5 cm³/mol. The van der Waals surface area contributed by atoms with Crippen LogP contribution in [0.4, 0.5) is 11.4 Å². The molecule has 2 aromatic rings. The summed E-state index contributed by atoms with van der Waals surface area (Å²) in [7, 11) is 0. The lowest BCUT2D eigenvalue weighted by Crippen LogP contribution is -2.28. The van der Waals surface area contributed by atoms with E-state index >= 15 is 0 Å². The smallest absolute Gasteiger partial charge is 0.258 e. The second kappa shape index (κ2) is 5.95. The van der Waals surface area contributed by atoms with Crippen LogP contribution in [0.1, 0.15) is 36.7 Å². The monoisotopic (exact) mass is 342 g/mol. The molecule has 0 bridgehead atoms. The fourth-order valence-electron chi connectivity index (χ4n) is 2.55. The summed E-state index contributed by atoms with van der Waals surface area (Å²) in [6.45, 7) is 6.04. The normalized spacial score (nSPS) is 13.8. The number of halogens is 1. The number of carbonyl (C=O) groups excluding carboxylic acids is 2. The molecule has 0 saturated carbocycles. The van der Waals surface area contributed by atoms with Crippen molar-refractivity contribution in [2.24, 2.45) is 5.41 Å². The zero-order valence-electron chi connectivity index (χ0n) is 13.9. The van der Waals surface area contributed by atoms with Crippen molar-refractivity contribution in [3.8, 4) is 0 Å². The first-order valence-corrected chi connectivity index (χ1v) is 8.16. The molecule has 2 aromatic carbocycles. The minimum Gasteiger partial charge on any atom is -0.324 e. The lowest BCUT2D eigenvalue weighted by molar-refractivity contribution is -0.123. The zero-order chi connectivity index (χ0) is 17.5. The van der Waals surface area contributed by atoms with E-state index in [9.17, 15) is 9.59 Å². The van der Waals surface area contributed by atoms with Crippen molar-refractivity contribution >= 4 is 34.8 Å². The largest absolute Gasteiger partial charge is 0.324 e. The molecule has 24 heavy (non-hydrogen) atoms. The third kappa shape index (κ3) is 3.02. The molecule has 5 heteroatoms. The lowest BCUT2D eigenvalue weighted by atomic mass is 9.95. The highest BCUT2D eigenvalue weighted by Crippen LogP contribution is 2.33. The molecule has 3 rings (SSSR count). The Bertz CT molecular complexity index is 824. The van der Waals surface area contributed by atoms with E-state index < -0.39 is 5.41 Å². The van der Waals surface area contributed by atoms with Gasteiger partial charge in [0.25, 0.3) is 5.91 Å². The lowest BCUT2D eigenvalue weighted by Gasteiger charge is -2.20. The Morgan fingerprint density at radius 3 is 2.50 bits per heavy atom. The van der Waals surface area contributed by atoms with Crippen LogP contribution in [0.15, 0.2) is 42.5 Å². The second-order valence-corrected chi connectivity index (χ2v) is 7.32. The van der Waals surface area contributed by atoms with Gasteiger partial charge >= 0.3 is 0 Å². The molecule has 1 aliphatic rings. The van der Waals surface area contributed by atoms with E-state index in [2.05, 4.69) is 5.32 Å². The van der Waals surface area contributed by atoms with E-state index in [1.807, 2.05) is 45.0 Å². The number of anilines is 2. The van der Waals surface area contributed by atoms with Crippen molar-refractivity contribution in [3.63, 3.8) is 0 Å². The molecular weight excluding hydrogens is 324 g/mol. The minimum absolute atomic E-state index is 0.0341. The average molecular weight is 343 g/mol. The Morgan fingerprint density at radius 2 is 1.88 bits per heavy atom. The number of rotatable bonds is 2. The first-order valence-electron chi connectivity index (χ1n) is 7.78. The number of hydrogen-bond acceptors (Lipinski definition) is 2. The van der Waals surface area contributed by atoms with Gasteiger partial charge < -0.3 is 10.2 Å². The molecule has 0 radical (unpaired) electrons. The standard InChI is InChI=1S/C19H19ClN2O2/c1-19(2,3)18(24)21-16-9-8-13(10-15(16)20)22-11-12-6-4-5-7-14(12)17(22)23/h4-10H,11H2,1-3H3,(H,21,24). The molecule has 2 amide bonds. The molecular formula is C19H19ClN2O2. The first-order chi connectivity index (χ1) is 11.3. The summed E-state index contributed by atoms with van der Waals surface area (Å²) in [6.07, 6.45) is 0. The summed E-state index contributed by atoms with van der Waals surface area (Å²) in [4.78, 5) is 26.3. The van der Waals surface area contributed by atoms with E-state index in [0.29, 0.717) is 17.3 Å². The van der Waals surface area contributed by atoms with Gasteiger partial charge in [0.2, 0.25) is 5.91 Å². The number of nitrogens with zero attached hydrogens (tertiary/aromatic N) is 1. The van der Waals surface area contributed by atoms with Crippen molar-refractivity contribution in [2.45, 2.75) is 27.3 Å². The highest BCUT2D eigenvalue weighted by molar-refractivity contribution is 6.34. The third-order valence-corrected chi connectivity index (χ3v) is 4.33. The first kappa shape index (κ1) is 16.5. The molecule has 0 saturated heterocycles.